The summed E-state index contributed by atoms with van der Waals surface area (Å²) in [5.74, 6) is -0.382. The first-order valence-electron chi connectivity index (χ1n) is 6.97. The van der Waals surface area contributed by atoms with E-state index >= 15 is 0 Å². The number of amides is 1. The van der Waals surface area contributed by atoms with Gasteiger partial charge >= 0.3 is 10.2 Å². The van der Waals surface area contributed by atoms with Crippen LogP contribution in [0.2, 0.25) is 0 Å². The molecule has 2 aromatic carbocycles. The maximum absolute atomic E-state index is 12.4. The van der Waals surface area contributed by atoms with Crippen molar-refractivity contribution in [2.24, 2.45) is 0 Å². The molecule has 0 radical (unpaired) electrons. The molecule has 2 aromatic rings. The van der Waals surface area contributed by atoms with Crippen LogP contribution in [-0.4, -0.2) is 32.7 Å². The Kier molecular flexibility index (Phi) is 5.02. The van der Waals surface area contributed by atoms with Crippen LogP contribution < -0.4 is 10.0 Å². The Labute approximate surface area is 136 Å². The summed E-state index contributed by atoms with van der Waals surface area (Å²) in [5.41, 5.74) is 2.15. The van der Waals surface area contributed by atoms with Gasteiger partial charge in [-0.2, -0.15) is 12.7 Å². The first-order chi connectivity index (χ1) is 10.8. The third-order valence-electron chi connectivity index (χ3n) is 3.17. The van der Waals surface area contributed by atoms with Gasteiger partial charge in [0.25, 0.3) is 5.91 Å². The predicted octanol–water partition coefficient (Wildman–Crippen LogP) is 2.47. The molecule has 0 aliphatic heterocycles. The lowest BCUT2D eigenvalue weighted by Gasteiger charge is -2.16. The summed E-state index contributed by atoms with van der Waals surface area (Å²) >= 11 is 0. The molecule has 0 aliphatic carbocycles. The number of carbonyl (C=O) groups is 1. The van der Waals surface area contributed by atoms with Crippen molar-refractivity contribution < 1.29 is 13.2 Å². The third kappa shape index (κ3) is 4.30. The van der Waals surface area contributed by atoms with Crippen molar-refractivity contribution >= 4 is 27.5 Å². The minimum Gasteiger partial charge on any atom is -0.322 e. The van der Waals surface area contributed by atoms with Crippen LogP contribution in [0.25, 0.3) is 0 Å². The van der Waals surface area contributed by atoms with Crippen LogP contribution in [-0.2, 0) is 10.2 Å². The Morgan fingerprint density at radius 1 is 1.04 bits per heavy atom. The van der Waals surface area contributed by atoms with Crippen LogP contribution in [0.15, 0.2) is 48.5 Å². The molecule has 0 fully saturated rings. The number of hydrogen-bond donors (Lipinski definition) is 2. The topological polar surface area (TPSA) is 78.5 Å². The van der Waals surface area contributed by atoms with Crippen LogP contribution in [0.3, 0.4) is 0 Å². The minimum atomic E-state index is -3.68. The highest BCUT2D eigenvalue weighted by Gasteiger charge is 2.18. The molecule has 0 bridgehead atoms. The second-order valence-electron chi connectivity index (χ2n) is 5.26. The molecule has 2 rings (SSSR count). The van der Waals surface area contributed by atoms with Crippen molar-refractivity contribution in [3.8, 4) is 0 Å². The van der Waals surface area contributed by atoms with Gasteiger partial charge in [-0.3, -0.25) is 9.52 Å². The van der Waals surface area contributed by atoms with Crippen LogP contribution in [0, 0.1) is 6.92 Å². The van der Waals surface area contributed by atoms with Crippen molar-refractivity contribution in [1.29, 1.82) is 0 Å². The lowest BCUT2D eigenvalue weighted by atomic mass is 10.1. The van der Waals surface area contributed by atoms with Gasteiger partial charge in [0.15, 0.2) is 0 Å². The van der Waals surface area contributed by atoms with E-state index in [2.05, 4.69) is 10.0 Å². The molecular weight excluding hydrogens is 314 g/mol. The summed E-state index contributed by atoms with van der Waals surface area (Å²) in [6.07, 6.45) is 0. The molecule has 0 atom stereocenters. The number of carbonyl (C=O) groups excluding carboxylic acids is 1. The van der Waals surface area contributed by atoms with Crippen molar-refractivity contribution in [3.63, 3.8) is 0 Å². The number of nitrogens with zero attached hydrogens (tertiary/aromatic N) is 1. The highest BCUT2D eigenvalue weighted by atomic mass is 32.2. The van der Waals surface area contributed by atoms with Crippen molar-refractivity contribution in [2.45, 2.75) is 6.92 Å². The number of nitrogens with one attached hydrogen (secondary N) is 2. The number of aryl methyl sites for hydroxylation is 1. The summed E-state index contributed by atoms with van der Waals surface area (Å²) in [4.78, 5) is 12.4. The van der Waals surface area contributed by atoms with Crippen LogP contribution >= 0.6 is 0 Å². The smallest absolute Gasteiger partial charge is 0.301 e. The van der Waals surface area contributed by atoms with Gasteiger partial charge in [-0.25, -0.2) is 0 Å². The molecule has 23 heavy (non-hydrogen) atoms. The van der Waals surface area contributed by atoms with E-state index in [0.29, 0.717) is 5.69 Å². The number of anilines is 2. The van der Waals surface area contributed by atoms with Gasteiger partial charge < -0.3 is 5.32 Å². The van der Waals surface area contributed by atoms with E-state index in [1.54, 1.807) is 30.3 Å². The zero-order valence-electron chi connectivity index (χ0n) is 13.2. The van der Waals surface area contributed by atoms with Crippen LogP contribution in [0.1, 0.15) is 15.9 Å². The molecule has 7 heteroatoms. The first-order valence-corrected chi connectivity index (χ1v) is 8.41. The van der Waals surface area contributed by atoms with Gasteiger partial charge in [-0.05, 0) is 36.8 Å². The molecule has 6 nitrogen and oxygen atoms in total. The summed E-state index contributed by atoms with van der Waals surface area (Å²) in [5, 5.41) is 2.77. The molecular formula is C16H19N3O3S. The quantitative estimate of drug-likeness (QED) is 0.882. The van der Waals surface area contributed by atoms with E-state index in [0.717, 1.165) is 9.87 Å². The van der Waals surface area contributed by atoms with E-state index in [4.69, 9.17) is 0 Å². The zero-order chi connectivity index (χ0) is 17.0. The number of hydrogen-bond acceptors (Lipinski definition) is 3. The average molecular weight is 333 g/mol. The van der Waals surface area contributed by atoms with E-state index in [1.807, 2.05) is 25.1 Å². The zero-order valence-corrected chi connectivity index (χ0v) is 14.0. The van der Waals surface area contributed by atoms with E-state index in [-0.39, 0.29) is 17.2 Å². The molecule has 0 aliphatic rings. The Hall–Kier alpha value is -2.38. The van der Waals surface area contributed by atoms with Gasteiger partial charge in [0.1, 0.15) is 0 Å². The first kappa shape index (κ1) is 17.0. The van der Waals surface area contributed by atoms with Gasteiger partial charge in [0.05, 0.1) is 11.3 Å². The molecule has 0 unspecified atom stereocenters. The summed E-state index contributed by atoms with van der Waals surface area (Å²) < 4.78 is 27.4. The fourth-order valence-electron chi connectivity index (χ4n) is 1.92. The lowest BCUT2D eigenvalue weighted by molar-refractivity contribution is 0.102. The molecule has 1 amide bonds. The molecule has 2 N–H and O–H groups in total. The second-order valence-corrected chi connectivity index (χ2v) is 7.14. The van der Waals surface area contributed by atoms with Gasteiger partial charge in [0.2, 0.25) is 0 Å². The summed E-state index contributed by atoms with van der Waals surface area (Å²) in [6.45, 7) is 1.93. The highest BCUT2D eigenvalue weighted by molar-refractivity contribution is 7.90. The Morgan fingerprint density at radius 2 is 1.74 bits per heavy atom. The maximum atomic E-state index is 12.4. The van der Waals surface area contributed by atoms with Crippen molar-refractivity contribution in [2.75, 3.05) is 24.1 Å². The second kappa shape index (κ2) is 6.80. The van der Waals surface area contributed by atoms with Gasteiger partial charge in [0, 0.05) is 19.8 Å². The minimum absolute atomic E-state index is 0.228. The molecule has 0 heterocycles. The Bertz CT molecular complexity index is 817. The number of rotatable bonds is 5. The maximum Gasteiger partial charge on any atom is 0.301 e. The van der Waals surface area contributed by atoms with E-state index < -0.39 is 10.2 Å². The summed E-state index contributed by atoms with van der Waals surface area (Å²) in [6, 6.07) is 13.8. The SMILES string of the molecule is Cc1cccc(NC(=O)c2ccccc2NS(=O)(=O)N(C)C)c1. The van der Waals surface area contributed by atoms with Crippen molar-refractivity contribution in [3.05, 3.63) is 59.7 Å². The summed E-state index contributed by atoms with van der Waals surface area (Å²) in [7, 11) is -0.855. The van der Waals surface area contributed by atoms with Gasteiger partial charge in [-0.1, -0.05) is 24.3 Å². The Morgan fingerprint density at radius 3 is 2.39 bits per heavy atom. The van der Waals surface area contributed by atoms with Crippen LogP contribution in [0.4, 0.5) is 11.4 Å². The standard InChI is InChI=1S/C16H19N3O3S/c1-12-7-6-8-13(11-12)17-16(20)14-9-4-5-10-15(14)18-23(21,22)19(2)3/h4-11,18H,1-3H3,(H,17,20). The largest absolute Gasteiger partial charge is 0.322 e. The lowest BCUT2D eigenvalue weighted by Crippen LogP contribution is -2.30. The Balaban J connectivity index is 2.28. The molecule has 0 saturated carbocycles. The molecule has 0 spiro atoms. The number of para-hydroxylation sites is 1. The normalized spacial score (nSPS) is 11.3. The average Bonchev–Trinajstić information content (AvgIpc) is 2.47. The third-order valence-corrected chi connectivity index (χ3v) is 4.61. The van der Waals surface area contributed by atoms with Crippen molar-refractivity contribution in [1.82, 2.24) is 4.31 Å². The van der Waals surface area contributed by atoms with E-state index in [1.165, 1.54) is 14.1 Å². The van der Waals surface area contributed by atoms with Crippen LogP contribution in [0.5, 0.6) is 0 Å². The molecule has 122 valence electrons. The van der Waals surface area contributed by atoms with E-state index in [9.17, 15) is 13.2 Å². The fraction of sp³-hybridized carbons (Fsp3) is 0.188. The van der Waals surface area contributed by atoms with Gasteiger partial charge in [-0.15, -0.1) is 0 Å². The monoisotopic (exact) mass is 333 g/mol. The fourth-order valence-corrected chi connectivity index (χ4v) is 2.56. The predicted molar refractivity (Wildman–Crippen MR) is 91.8 cm³/mol. The molecule has 0 aromatic heterocycles. The highest BCUT2D eigenvalue weighted by Crippen LogP contribution is 2.19. The molecule has 0 saturated heterocycles. The number of benzene rings is 2.